The Bertz CT molecular complexity index is 1000. The molecular weight excluding hydrogens is 432 g/mol. The Morgan fingerprint density at radius 2 is 1.65 bits per heavy atom. The lowest BCUT2D eigenvalue weighted by Gasteiger charge is -2.32. The molecule has 1 N–H and O–H groups in total. The van der Waals surface area contributed by atoms with Gasteiger partial charge in [0.2, 0.25) is 17.7 Å². The first-order valence-corrected chi connectivity index (χ1v) is 12.6. The Kier molecular flexibility index (Phi) is 5.86. The van der Waals surface area contributed by atoms with Crippen LogP contribution in [0.3, 0.4) is 0 Å². The number of benzene rings is 1. The molecule has 182 valence electrons. The zero-order valence-corrected chi connectivity index (χ0v) is 20.2. The summed E-state index contributed by atoms with van der Waals surface area (Å²) in [5, 5.41) is 2.94. The molecule has 0 radical (unpaired) electrons. The fourth-order valence-corrected chi connectivity index (χ4v) is 5.87. The van der Waals surface area contributed by atoms with E-state index < -0.39 is 12.0 Å². The molecule has 4 aliphatic rings. The molecule has 5 amide bonds. The highest BCUT2D eigenvalue weighted by atomic mass is 16.2. The first-order chi connectivity index (χ1) is 16.3. The predicted octanol–water partition coefficient (Wildman–Crippen LogP) is 3.19. The van der Waals surface area contributed by atoms with Gasteiger partial charge in [-0.1, -0.05) is 32.9 Å². The van der Waals surface area contributed by atoms with Crippen molar-refractivity contribution in [3.63, 3.8) is 0 Å². The minimum absolute atomic E-state index is 0.0247. The van der Waals surface area contributed by atoms with Crippen molar-refractivity contribution in [1.29, 1.82) is 0 Å². The molecule has 3 saturated heterocycles. The van der Waals surface area contributed by atoms with Gasteiger partial charge in [-0.3, -0.25) is 19.3 Å². The topological polar surface area (TPSA) is 90.0 Å². The van der Waals surface area contributed by atoms with E-state index in [9.17, 15) is 19.2 Å². The number of anilines is 1. The maximum atomic E-state index is 13.6. The summed E-state index contributed by atoms with van der Waals surface area (Å²) in [6.45, 7) is 7.11. The second kappa shape index (κ2) is 8.71. The van der Waals surface area contributed by atoms with E-state index in [1.807, 2.05) is 31.2 Å². The normalized spacial score (nSPS) is 28.6. The van der Waals surface area contributed by atoms with Gasteiger partial charge in [0.05, 0.1) is 18.0 Å². The molecule has 0 aromatic heterocycles. The van der Waals surface area contributed by atoms with Crippen molar-refractivity contribution < 1.29 is 19.2 Å². The number of urea groups is 1. The van der Waals surface area contributed by atoms with E-state index >= 15 is 0 Å². The fraction of sp³-hybridized carbons (Fsp3) is 0.615. The van der Waals surface area contributed by atoms with Crippen molar-refractivity contribution in [2.45, 2.75) is 76.9 Å². The summed E-state index contributed by atoms with van der Waals surface area (Å²) >= 11 is 0. The van der Waals surface area contributed by atoms with Gasteiger partial charge >= 0.3 is 6.03 Å². The fourth-order valence-electron chi connectivity index (χ4n) is 5.87. The largest absolute Gasteiger partial charge is 0.335 e. The van der Waals surface area contributed by atoms with Crippen molar-refractivity contribution in [2.24, 2.45) is 11.8 Å². The zero-order valence-electron chi connectivity index (χ0n) is 20.2. The molecule has 5 rings (SSSR count). The second-order valence-electron chi connectivity index (χ2n) is 10.5. The number of rotatable bonds is 4. The SMILES string of the molecule is CC(C)c1ccc(NC(=O)N2CCC[C@H]2C(=O)N2CC[C@H]3[C@H]2[C@H](C)C(=O)N3C(=O)C2CC2)cc1. The predicted molar refractivity (Wildman–Crippen MR) is 127 cm³/mol. The number of hydrogen-bond donors (Lipinski definition) is 1. The van der Waals surface area contributed by atoms with Crippen molar-refractivity contribution in [2.75, 3.05) is 18.4 Å². The van der Waals surface area contributed by atoms with Crippen LogP contribution in [-0.4, -0.2) is 69.7 Å². The molecule has 4 atom stereocenters. The lowest BCUT2D eigenvalue weighted by molar-refractivity contribution is -0.146. The lowest BCUT2D eigenvalue weighted by atomic mass is 10.0. The number of amides is 5. The van der Waals surface area contributed by atoms with Crippen LogP contribution in [0.5, 0.6) is 0 Å². The summed E-state index contributed by atoms with van der Waals surface area (Å²) in [7, 11) is 0. The molecule has 1 aliphatic carbocycles. The number of nitrogens with one attached hydrogen (secondary N) is 1. The molecule has 8 heteroatoms. The van der Waals surface area contributed by atoms with Crippen LogP contribution < -0.4 is 5.32 Å². The molecular formula is C26H34N4O4. The van der Waals surface area contributed by atoms with E-state index in [1.54, 1.807) is 9.80 Å². The Balaban J connectivity index is 1.28. The summed E-state index contributed by atoms with van der Waals surface area (Å²) in [4.78, 5) is 57.2. The average molecular weight is 467 g/mol. The number of nitrogens with zero attached hydrogens (tertiary/aromatic N) is 3. The molecule has 34 heavy (non-hydrogen) atoms. The van der Waals surface area contributed by atoms with Gasteiger partial charge in [-0.05, 0) is 55.7 Å². The van der Waals surface area contributed by atoms with E-state index in [0.29, 0.717) is 37.5 Å². The van der Waals surface area contributed by atoms with Gasteiger partial charge in [0, 0.05) is 24.7 Å². The zero-order chi connectivity index (χ0) is 24.1. The van der Waals surface area contributed by atoms with Crippen LogP contribution in [0.4, 0.5) is 10.5 Å². The van der Waals surface area contributed by atoms with Gasteiger partial charge in [0.1, 0.15) is 6.04 Å². The number of likely N-dealkylation sites (tertiary alicyclic amines) is 3. The van der Waals surface area contributed by atoms with E-state index in [2.05, 4.69) is 19.2 Å². The average Bonchev–Trinajstić information content (AvgIpc) is 3.30. The standard InChI is InChI=1S/C26H34N4O4/c1-15(2)17-8-10-19(11-9-17)27-26(34)28-13-4-5-21(28)25(33)29-14-12-20-22(29)16(3)23(31)30(20)24(32)18-6-7-18/h8-11,15-16,18,20-22H,4-7,12-14H2,1-3H3,(H,27,34)/t16-,20-,21-,22+/m0/s1. The summed E-state index contributed by atoms with van der Waals surface area (Å²) in [6, 6.07) is 6.45. The van der Waals surface area contributed by atoms with E-state index in [-0.39, 0.29) is 41.8 Å². The first-order valence-electron chi connectivity index (χ1n) is 12.6. The molecule has 1 aromatic carbocycles. The Hall–Kier alpha value is -2.90. The lowest BCUT2D eigenvalue weighted by Crippen LogP contribution is -2.52. The van der Waals surface area contributed by atoms with E-state index in [1.165, 1.54) is 10.5 Å². The van der Waals surface area contributed by atoms with Gasteiger partial charge in [0.15, 0.2) is 0 Å². The van der Waals surface area contributed by atoms with Crippen LogP contribution in [0.1, 0.15) is 64.4 Å². The minimum Gasteiger partial charge on any atom is -0.335 e. The third-order valence-electron chi connectivity index (χ3n) is 7.97. The molecule has 0 spiro atoms. The van der Waals surface area contributed by atoms with Gasteiger partial charge < -0.3 is 15.1 Å². The molecule has 4 fully saturated rings. The number of hydrogen-bond acceptors (Lipinski definition) is 4. The van der Waals surface area contributed by atoms with Crippen LogP contribution in [0, 0.1) is 11.8 Å². The molecule has 0 bridgehead atoms. The number of fused-ring (bicyclic) bond motifs is 1. The number of imide groups is 1. The monoisotopic (exact) mass is 466 g/mol. The van der Waals surface area contributed by atoms with Crippen LogP contribution in [-0.2, 0) is 14.4 Å². The van der Waals surface area contributed by atoms with Crippen molar-refractivity contribution in [1.82, 2.24) is 14.7 Å². The number of carbonyl (C=O) groups is 4. The van der Waals surface area contributed by atoms with Crippen LogP contribution in [0.25, 0.3) is 0 Å². The smallest absolute Gasteiger partial charge is 0.322 e. The van der Waals surface area contributed by atoms with Crippen molar-refractivity contribution in [3.05, 3.63) is 29.8 Å². The summed E-state index contributed by atoms with van der Waals surface area (Å²) < 4.78 is 0. The number of carbonyl (C=O) groups excluding carboxylic acids is 4. The van der Waals surface area contributed by atoms with Gasteiger partial charge in [-0.2, -0.15) is 0 Å². The van der Waals surface area contributed by atoms with Crippen LogP contribution in [0.2, 0.25) is 0 Å². The first kappa shape index (κ1) is 22.9. The second-order valence-corrected chi connectivity index (χ2v) is 10.5. The van der Waals surface area contributed by atoms with E-state index in [0.717, 1.165) is 19.3 Å². The molecule has 8 nitrogen and oxygen atoms in total. The maximum Gasteiger partial charge on any atom is 0.322 e. The maximum absolute atomic E-state index is 13.6. The minimum atomic E-state index is -0.538. The van der Waals surface area contributed by atoms with Gasteiger partial charge in [-0.25, -0.2) is 4.79 Å². The Labute approximate surface area is 200 Å². The molecule has 1 aromatic rings. The molecule has 0 unspecified atom stereocenters. The van der Waals surface area contributed by atoms with E-state index in [4.69, 9.17) is 0 Å². The van der Waals surface area contributed by atoms with Gasteiger partial charge in [0.25, 0.3) is 0 Å². The van der Waals surface area contributed by atoms with Gasteiger partial charge in [-0.15, -0.1) is 0 Å². The highest BCUT2D eigenvalue weighted by Crippen LogP contribution is 2.41. The van der Waals surface area contributed by atoms with Crippen LogP contribution in [0.15, 0.2) is 24.3 Å². The third-order valence-corrected chi connectivity index (χ3v) is 7.97. The summed E-state index contributed by atoms with van der Waals surface area (Å²) in [5.74, 6) is -0.338. The highest BCUT2D eigenvalue weighted by molar-refractivity contribution is 6.01. The Morgan fingerprint density at radius 3 is 2.29 bits per heavy atom. The van der Waals surface area contributed by atoms with Crippen molar-refractivity contribution >= 4 is 29.4 Å². The quantitative estimate of drug-likeness (QED) is 0.690. The summed E-state index contributed by atoms with van der Waals surface area (Å²) in [6.07, 6.45) is 3.69. The molecule has 1 saturated carbocycles. The molecule has 3 heterocycles. The van der Waals surface area contributed by atoms with Crippen molar-refractivity contribution in [3.8, 4) is 0 Å². The van der Waals surface area contributed by atoms with Crippen LogP contribution >= 0.6 is 0 Å². The third kappa shape index (κ3) is 3.87. The Morgan fingerprint density at radius 1 is 0.941 bits per heavy atom. The molecule has 3 aliphatic heterocycles. The summed E-state index contributed by atoms with van der Waals surface area (Å²) in [5.41, 5.74) is 1.91. The highest BCUT2D eigenvalue weighted by Gasteiger charge is 2.57.